The van der Waals surface area contributed by atoms with Crippen LogP contribution in [0.4, 0.5) is 5.69 Å². The Bertz CT molecular complexity index is 736. The average molecular weight is 484 g/mol. The molecule has 7 heteroatoms. The maximum Gasteiger partial charge on any atom is 0.310 e. The van der Waals surface area contributed by atoms with Gasteiger partial charge in [0, 0.05) is 27.5 Å². The largest absolute Gasteiger partial charge is 0.469 e. The first-order valence-corrected chi connectivity index (χ1v) is 13.2. The number of anilines is 1. The van der Waals surface area contributed by atoms with E-state index in [0.717, 1.165) is 23.6 Å². The lowest BCUT2D eigenvalue weighted by atomic mass is 9.71. The van der Waals surface area contributed by atoms with Gasteiger partial charge in [-0.25, -0.2) is 0 Å². The zero-order chi connectivity index (χ0) is 24.4. The standard InChI is InChI=1S/C25H41NO4S2/c1-9-10-15-30-23(28)19(16-24(3,4)18(2)22(27)29-8)25(5,6)32-17-31-21-14-12-11-13-20(21)26-7/h11-14,18-19,26H,9-10,15-17H2,1-8H3. The first-order valence-electron chi connectivity index (χ1n) is 11.3. The Morgan fingerprint density at radius 2 is 1.78 bits per heavy atom. The van der Waals surface area contributed by atoms with E-state index >= 15 is 0 Å². The molecule has 1 aromatic carbocycles. The predicted octanol–water partition coefficient (Wildman–Crippen LogP) is 6.47. The van der Waals surface area contributed by atoms with Gasteiger partial charge in [-0.3, -0.25) is 9.59 Å². The second kappa shape index (κ2) is 13.4. The van der Waals surface area contributed by atoms with Crippen LogP contribution in [0, 0.1) is 17.3 Å². The lowest BCUT2D eigenvalue weighted by molar-refractivity contribution is -0.155. The van der Waals surface area contributed by atoms with Crippen molar-refractivity contribution in [1.82, 2.24) is 0 Å². The summed E-state index contributed by atoms with van der Waals surface area (Å²) in [4.78, 5) is 26.6. The monoisotopic (exact) mass is 483 g/mol. The molecular weight excluding hydrogens is 442 g/mol. The fourth-order valence-corrected chi connectivity index (χ4v) is 6.21. The molecule has 1 aromatic rings. The molecule has 0 aliphatic heterocycles. The van der Waals surface area contributed by atoms with Gasteiger partial charge in [-0.15, -0.1) is 23.5 Å². The zero-order valence-electron chi connectivity index (χ0n) is 20.9. The first kappa shape index (κ1) is 28.7. The van der Waals surface area contributed by atoms with E-state index in [2.05, 4.69) is 38.2 Å². The van der Waals surface area contributed by atoms with Crippen molar-refractivity contribution in [2.75, 3.05) is 31.2 Å². The fraction of sp³-hybridized carbons (Fsp3) is 0.680. The highest BCUT2D eigenvalue weighted by molar-refractivity contribution is 8.16. The van der Waals surface area contributed by atoms with Crippen molar-refractivity contribution in [2.45, 2.75) is 70.4 Å². The topological polar surface area (TPSA) is 64.6 Å². The molecule has 0 aromatic heterocycles. The van der Waals surface area contributed by atoms with Crippen LogP contribution in [0.1, 0.15) is 60.8 Å². The Balaban J connectivity index is 2.99. The van der Waals surface area contributed by atoms with Gasteiger partial charge in [0.25, 0.3) is 0 Å². The Morgan fingerprint density at radius 3 is 2.38 bits per heavy atom. The van der Waals surface area contributed by atoms with E-state index in [1.54, 1.807) is 23.5 Å². The number of unbranched alkanes of at least 4 members (excludes halogenated alkanes) is 1. The number of hydrogen-bond donors (Lipinski definition) is 1. The van der Waals surface area contributed by atoms with E-state index in [1.165, 1.54) is 12.0 Å². The smallest absolute Gasteiger partial charge is 0.310 e. The summed E-state index contributed by atoms with van der Waals surface area (Å²) in [6.45, 7) is 12.6. The number of carbonyl (C=O) groups is 2. The molecule has 0 spiro atoms. The number of nitrogens with one attached hydrogen (secondary N) is 1. The number of carbonyl (C=O) groups excluding carboxylic acids is 2. The van der Waals surface area contributed by atoms with Gasteiger partial charge in [0.05, 0.1) is 25.6 Å². The molecule has 0 bridgehead atoms. The quantitative estimate of drug-likeness (QED) is 0.141. The number of rotatable bonds is 14. The van der Waals surface area contributed by atoms with Crippen LogP contribution in [0.3, 0.4) is 0 Å². The summed E-state index contributed by atoms with van der Waals surface area (Å²) < 4.78 is 10.3. The molecule has 2 atom stereocenters. The summed E-state index contributed by atoms with van der Waals surface area (Å²) >= 11 is 3.51. The highest BCUT2D eigenvalue weighted by Crippen LogP contribution is 2.45. The Hall–Kier alpha value is -1.34. The number of hydrogen-bond acceptors (Lipinski definition) is 7. The van der Waals surface area contributed by atoms with Crippen molar-refractivity contribution in [3.05, 3.63) is 24.3 Å². The summed E-state index contributed by atoms with van der Waals surface area (Å²) in [5.41, 5.74) is 0.685. The maximum atomic E-state index is 13.2. The Morgan fingerprint density at radius 1 is 1.12 bits per heavy atom. The molecule has 0 aliphatic rings. The minimum atomic E-state index is -0.411. The normalized spacial score (nSPS) is 13.9. The van der Waals surface area contributed by atoms with Crippen LogP contribution < -0.4 is 5.32 Å². The van der Waals surface area contributed by atoms with E-state index in [-0.39, 0.29) is 28.5 Å². The number of methoxy groups -OCH3 is 1. The van der Waals surface area contributed by atoms with Gasteiger partial charge in [0.1, 0.15) is 0 Å². The van der Waals surface area contributed by atoms with E-state index in [0.29, 0.717) is 13.0 Å². The van der Waals surface area contributed by atoms with E-state index in [1.807, 2.05) is 40.0 Å². The SMILES string of the molecule is CCCCOC(=O)C(CC(C)(C)C(C)C(=O)OC)C(C)(C)SCSc1ccccc1NC. The summed E-state index contributed by atoms with van der Waals surface area (Å²) in [5, 5.41) is 4.03. The number of benzene rings is 1. The molecular formula is C25H41NO4S2. The van der Waals surface area contributed by atoms with E-state index in [4.69, 9.17) is 9.47 Å². The van der Waals surface area contributed by atoms with Gasteiger partial charge < -0.3 is 14.8 Å². The molecule has 182 valence electrons. The fourth-order valence-electron chi connectivity index (χ4n) is 3.37. The number of ether oxygens (including phenoxy) is 2. The Labute approximate surface area is 203 Å². The molecule has 1 rings (SSSR count). The second-order valence-electron chi connectivity index (χ2n) is 9.27. The molecule has 0 radical (unpaired) electrons. The third-order valence-corrected chi connectivity index (χ3v) is 8.76. The van der Waals surface area contributed by atoms with Gasteiger partial charge in [0.2, 0.25) is 0 Å². The summed E-state index contributed by atoms with van der Waals surface area (Å²) in [7, 11) is 3.33. The molecule has 0 heterocycles. The third kappa shape index (κ3) is 8.54. The van der Waals surface area contributed by atoms with Crippen molar-refractivity contribution in [3.63, 3.8) is 0 Å². The molecule has 0 saturated heterocycles. The molecule has 1 N–H and O–H groups in total. The summed E-state index contributed by atoms with van der Waals surface area (Å²) in [6.07, 6.45) is 2.37. The van der Waals surface area contributed by atoms with Crippen LogP contribution in [0.25, 0.3) is 0 Å². The highest BCUT2D eigenvalue weighted by Gasteiger charge is 2.43. The van der Waals surface area contributed by atoms with Crippen molar-refractivity contribution >= 4 is 41.1 Å². The number of esters is 2. The van der Waals surface area contributed by atoms with Crippen LogP contribution >= 0.6 is 23.5 Å². The molecule has 0 aliphatic carbocycles. The van der Waals surface area contributed by atoms with Gasteiger partial charge in [0.15, 0.2) is 0 Å². The number of para-hydroxylation sites is 1. The molecule has 0 saturated carbocycles. The minimum absolute atomic E-state index is 0.179. The zero-order valence-corrected chi connectivity index (χ0v) is 22.6. The van der Waals surface area contributed by atoms with Gasteiger partial charge in [-0.05, 0) is 44.2 Å². The minimum Gasteiger partial charge on any atom is -0.469 e. The van der Waals surface area contributed by atoms with Gasteiger partial charge in [-0.2, -0.15) is 0 Å². The van der Waals surface area contributed by atoms with Crippen LogP contribution in [-0.2, 0) is 19.1 Å². The van der Waals surface area contributed by atoms with E-state index in [9.17, 15) is 9.59 Å². The summed E-state index contributed by atoms with van der Waals surface area (Å²) in [6, 6.07) is 8.20. The predicted molar refractivity (Wildman–Crippen MR) is 137 cm³/mol. The highest BCUT2D eigenvalue weighted by atomic mass is 32.2. The molecule has 0 amide bonds. The molecule has 5 nitrogen and oxygen atoms in total. The Kier molecular flexibility index (Phi) is 12.0. The molecule has 2 unspecified atom stereocenters. The van der Waals surface area contributed by atoms with Crippen molar-refractivity contribution in [3.8, 4) is 0 Å². The van der Waals surface area contributed by atoms with Crippen molar-refractivity contribution in [1.29, 1.82) is 0 Å². The van der Waals surface area contributed by atoms with Crippen molar-refractivity contribution in [2.24, 2.45) is 17.3 Å². The first-order chi connectivity index (χ1) is 15.0. The average Bonchev–Trinajstić information content (AvgIpc) is 2.76. The van der Waals surface area contributed by atoms with Crippen LogP contribution in [-0.4, -0.2) is 42.5 Å². The third-order valence-electron chi connectivity index (χ3n) is 6.12. The maximum absolute atomic E-state index is 13.2. The lowest BCUT2D eigenvalue weighted by Crippen LogP contribution is -2.41. The second-order valence-corrected chi connectivity index (χ2v) is 12.3. The summed E-state index contributed by atoms with van der Waals surface area (Å²) in [5.74, 6) is -1.10. The van der Waals surface area contributed by atoms with Crippen molar-refractivity contribution < 1.29 is 19.1 Å². The molecule has 32 heavy (non-hydrogen) atoms. The lowest BCUT2D eigenvalue weighted by Gasteiger charge is -2.39. The number of thioether (sulfide) groups is 2. The van der Waals surface area contributed by atoms with Crippen LogP contribution in [0.2, 0.25) is 0 Å². The van der Waals surface area contributed by atoms with E-state index < -0.39 is 5.41 Å². The van der Waals surface area contributed by atoms with Gasteiger partial charge in [-0.1, -0.05) is 46.2 Å². The van der Waals surface area contributed by atoms with Crippen LogP contribution in [0.15, 0.2) is 29.2 Å². The van der Waals surface area contributed by atoms with Crippen LogP contribution in [0.5, 0.6) is 0 Å². The molecule has 0 fully saturated rings. The van der Waals surface area contributed by atoms with Gasteiger partial charge >= 0.3 is 11.9 Å².